The fraction of sp³-hybridized carbons (Fsp3) is 0.227. The van der Waals surface area contributed by atoms with Gasteiger partial charge in [-0.3, -0.25) is 9.20 Å². The molecule has 0 saturated heterocycles. The van der Waals surface area contributed by atoms with Crippen molar-refractivity contribution in [3.63, 3.8) is 0 Å². The van der Waals surface area contributed by atoms with Crippen molar-refractivity contribution < 1.29 is 4.79 Å². The summed E-state index contributed by atoms with van der Waals surface area (Å²) in [5.74, 6) is 1.07. The molecule has 1 aliphatic rings. The molecular formula is C22H21N5OS. The molecule has 0 bridgehead atoms. The van der Waals surface area contributed by atoms with Crippen molar-refractivity contribution in [2.75, 3.05) is 17.7 Å². The van der Waals surface area contributed by atoms with Gasteiger partial charge >= 0.3 is 0 Å². The summed E-state index contributed by atoms with van der Waals surface area (Å²) in [4.78, 5) is 19.5. The second-order valence-electron chi connectivity index (χ2n) is 7.75. The van der Waals surface area contributed by atoms with E-state index in [1.807, 2.05) is 47.8 Å². The largest absolute Gasteiger partial charge is 0.347 e. The molecule has 4 aromatic rings. The molecule has 29 heavy (non-hydrogen) atoms. The number of aromatic nitrogens is 4. The van der Waals surface area contributed by atoms with Crippen LogP contribution in [0.15, 0.2) is 65.5 Å². The van der Waals surface area contributed by atoms with E-state index >= 15 is 0 Å². The molecule has 0 aliphatic carbocycles. The van der Waals surface area contributed by atoms with E-state index in [4.69, 9.17) is 0 Å². The summed E-state index contributed by atoms with van der Waals surface area (Å²) in [5.41, 5.74) is 5.10. The third kappa shape index (κ3) is 2.76. The first-order valence-corrected chi connectivity index (χ1v) is 10.5. The summed E-state index contributed by atoms with van der Waals surface area (Å²) < 4.78 is 1.96. The van der Waals surface area contributed by atoms with Gasteiger partial charge in [0.2, 0.25) is 5.78 Å². The molecule has 2 aromatic heterocycles. The third-order valence-electron chi connectivity index (χ3n) is 5.59. The molecule has 1 N–H and O–H groups in total. The molecule has 1 aliphatic heterocycles. The number of likely N-dealkylation sites (N-methyl/N-ethyl adjacent to an activating group) is 1. The maximum Gasteiger partial charge on any atom is 0.231 e. The Bertz CT molecular complexity index is 1280. The van der Waals surface area contributed by atoms with Crippen LogP contribution in [0.1, 0.15) is 19.4 Å². The molecule has 0 saturated carbocycles. The van der Waals surface area contributed by atoms with E-state index in [1.54, 1.807) is 6.08 Å². The lowest BCUT2D eigenvalue weighted by molar-refractivity contribution is -0.112. The number of rotatable bonds is 4. The number of benzene rings is 2. The minimum atomic E-state index is -0.203. The van der Waals surface area contributed by atoms with Crippen molar-refractivity contribution >= 4 is 40.0 Å². The van der Waals surface area contributed by atoms with Gasteiger partial charge in [0.25, 0.3) is 0 Å². The first-order valence-electron chi connectivity index (χ1n) is 9.49. The van der Waals surface area contributed by atoms with E-state index in [9.17, 15) is 4.79 Å². The van der Waals surface area contributed by atoms with E-state index in [2.05, 4.69) is 46.1 Å². The number of H-pyrrole nitrogens is 1. The van der Waals surface area contributed by atoms with Gasteiger partial charge in [0.1, 0.15) is 0 Å². The zero-order valence-corrected chi connectivity index (χ0v) is 17.3. The lowest BCUT2D eigenvalue weighted by atomic mass is 9.83. The minimum Gasteiger partial charge on any atom is -0.347 e. The Kier molecular flexibility index (Phi) is 4.03. The Hall–Kier alpha value is -3.06. The second kappa shape index (κ2) is 6.49. The van der Waals surface area contributed by atoms with Gasteiger partial charge in [0.15, 0.2) is 10.9 Å². The average Bonchev–Trinajstić information content (AvgIpc) is 3.33. The van der Waals surface area contributed by atoms with Crippen LogP contribution in [0.2, 0.25) is 0 Å². The number of carbonyl (C=O) groups excluding carboxylic acids is 1. The fourth-order valence-corrected chi connectivity index (χ4v) is 4.91. The molecule has 0 radical (unpaired) electrons. The molecule has 0 atom stereocenters. The van der Waals surface area contributed by atoms with E-state index in [1.165, 1.54) is 17.3 Å². The average molecular weight is 404 g/mol. The van der Waals surface area contributed by atoms with E-state index in [-0.39, 0.29) is 11.2 Å². The highest BCUT2D eigenvalue weighted by atomic mass is 32.2. The summed E-state index contributed by atoms with van der Waals surface area (Å²) >= 11 is 1.42. The van der Waals surface area contributed by atoms with Crippen molar-refractivity contribution in [3.05, 3.63) is 65.9 Å². The fourth-order valence-electron chi connectivity index (χ4n) is 4.13. The van der Waals surface area contributed by atoms with E-state index < -0.39 is 0 Å². The zero-order valence-electron chi connectivity index (χ0n) is 16.5. The Morgan fingerprint density at radius 3 is 2.76 bits per heavy atom. The molecular weight excluding hydrogens is 382 g/mol. The topological polar surface area (TPSA) is 66.3 Å². The number of allylic oxidation sites excluding steroid dienone is 2. The number of aromatic amines is 1. The molecule has 3 heterocycles. The minimum absolute atomic E-state index is 0.0679. The van der Waals surface area contributed by atoms with Crippen LogP contribution in [0.3, 0.4) is 0 Å². The van der Waals surface area contributed by atoms with Gasteiger partial charge < -0.3 is 4.90 Å². The number of carbonyl (C=O) groups is 1. The summed E-state index contributed by atoms with van der Waals surface area (Å²) in [6.45, 7) is 4.33. The summed E-state index contributed by atoms with van der Waals surface area (Å²) in [6.07, 6.45) is 1.78. The number of imidazole rings is 1. The van der Waals surface area contributed by atoms with E-state index in [0.29, 0.717) is 11.5 Å². The second-order valence-corrected chi connectivity index (χ2v) is 8.69. The normalized spacial score (nSPS) is 16.8. The van der Waals surface area contributed by atoms with Gasteiger partial charge in [-0.25, -0.2) is 10.1 Å². The molecule has 5 rings (SSSR count). The number of anilines is 1. The van der Waals surface area contributed by atoms with Gasteiger partial charge in [-0.05, 0) is 23.8 Å². The lowest BCUT2D eigenvalue weighted by Gasteiger charge is -2.23. The van der Waals surface area contributed by atoms with Crippen LogP contribution in [-0.4, -0.2) is 38.2 Å². The van der Waals surface area contributed by atoms with Crippen LogP contribution >= 0.6 is 11.8 Å². The first kappa shape index (κ1) is 18.0. The van der Waals surface area contributed by atoms with Crippen LogP contribution in [-0.2, 0) is 10.2 Å². The van der Waals surface area contributed by atoms with Crippen LogP contribution in [0.4, 0.5) is 5.69 Å². The smallest absolute Gasteiger partial charge is 0.231 e. The first-order chi connectivity index (χ1) is 14.0. The number of hydrogen-bond acceptors (Lipinski definition) is 5. The lowest BCUT2D eigenvalue weighted by Crippen LogP contribution is -2.24. The quantitative estimate of drug-likeness (QED) is 0.409. The van der Waals surface area contributed by atoms with Gasteiger partial charge in [-0.2, -0.15) is 0 Å². The highest BCUT2D eigenvalue weighted by Gasteiger charge is 2.38. The molecule has 7 heteroatoms. The molecule has 6 nitrogen and oxygen atoms in total. The van der Waals surface area contributed by atoms with Crippen LogP contribution < -0.4 is 4.90 Å². The Labute approximate surface area is 172 Å². The Balaban J connectivity index is 1.40. The molecule has 0 unspecified atom stereocenters. The number of para-hydroxylation sites is 3. The molecule has 0 spiro atoms. The number of hydrogen-bond donors (Lipinski definition) is 1. The van der Waals surface area contributed by atoms with Crippen LogP contribution in [0.25, 0.3) is 16.8 Å². The van der Waals surface area contributed by atoms with Crippen molar-refractivity contribution in [1.82, 2.24) is 19.6 Å². The van der Waals surface area contributed by atoms with E-state index in [0.717, 1.165) is 27.6 Å². The molecule has 0 fully saturated rings. The number of nitrogens with one attached hydrogen (secondary N) is 1. The Morgan fingerprint density at radius 2 is 1.93 bits per heavy atom. The van der Waals surface area contributed by atoms with Gasteiger partial charge in [0.05, 0.1) is 16.8 Å². The van der Waals surface area contributed by atoms with Crippen molar-refractivity contribution in [1.29, 1.82) is 0 Å². The SMILES string of the molecule is CN1C(=CC(=O)CSc2n[nH]c3nc4ccccc4n23)C(C)(C)c2ccccc21. The predicted molar refractivity (Wildman–Crippen MR) is 117 cm³/mol. The number of ketones is 1. The van der Waals surface area contributed by atoms with Gasteiger partial charge in [-0.1, -0.05) is 55.9 Å². The van der Waals surface area contributed by atoms with Crippen LogP contribution in [0.5, 0.6) is 0 Å². The van der Waals surface area contributed by atoms with Crippen molar-refractivity contribution in [2.45, 2.75) is 24.4 Å². The Morgan fingerprint density at radius 1 is 1.17 bits per heavy atom. The van der Waals surface area contributed by atoms with Crippen molar-refractivity contribution in [2.24, 2.45) is 0 Å². The number of thioether (sulfide) groups is 1. The summed E-state index contributed by atoms with van der Waals surface area (Å²) in [6, 6.07) is 16.2. The van der Waals surface area contributed by atoms with Crippen LogP contribution in [0, 0.1) is 0 Å². The highest BCUT2D eigenvalue weighted by Crippen LogP contribution is 2.46. The predicted octanol–water partition coefficient (Wildman–Crippen LogP) is 4.18. The van der Waals surface area contributed by atoms with Gasteiger partial charge in [-0.15, -0.1) is 5.10 Å². The summed E-state index contributed by atoms with van der Waals surface area (Å²) in [7, 11) is 2.02. The summed E-state index contributed by atoms with van der Waals surface area (Å²) in [5, 5.41) is 8.03. The maximum atomic E-state index is 12.8. The number of fused-ring (bicyclic) bond motifs is 4. The monoisotopic (exact) mass is 403 g/mol. The number of nitrogens with zero attached hydrogens (tertiary/aromatic N) is 4. The zero-order chi connectivity index (χ0) is 20.2. The molecule has 2 aromatic carbocycles. The highest BCUT2D eigenvalue weighted by molar-refractivity contribution is 7.99. The molecule has 0 amide bonds. The van der Waals surface area contributed by atoms with Gasteiger partial charge in [0, 0.05) is 29.9 Å². The maximum absolute atomic E-state index is 12.8. The van der Waals surface area contributed by atoms with Crippen molar-refractivity contribution in [3.8, 4) is 0 Å². The third-order valence-corrected chi connectivity index (χ3v) is 6.55. The standard InChI is InChI=1S/C22H21N5OS/c1-22(2)15-8-4-6-10-17(15)26(3)19(22)12-14(28)13-29-21-25-24-20-23-16-9-5-7-11-18(16)27(20)21/h4-12H,13H2,1-3H3,(H,23,24). The molecule has 146 valence electrons.